The fourth-order valence-electron chi connectivity index (χ4n) is 0.987. The Morgan fingerprint density at radius 1 is 1.30 bits per heavy atom. The second-order valence-corrected chi connectivity index (χ2v) is 5.11. The third-order valence-corrected chi connectivity index (χ3v) is 3.19. The van der Waals surface area contributed by atoms with Crippen LogP contribution >= 0.6 is 11.3 Å². The zero-order valence-electron chi connectivity index (χ0n) is 5.66. The van der Waals surface area contributed by atoms with Crippen LogP contribution in [0.5, 0.6) is 0 Å². The van der Waals surface area contributed by atoms with E-state index in [9.17, 15) is 0 Å². The molecule has 0 atom stereocenters. The van der Waals surface area contributed by atoms with Crippen molar-refractivity contribution in [3.8, 4) is 0 Å². The molecule has 0 N–H and O–H groups in total. The van der Waals surface area contributed by atoms with Gasteiger partial charge in [-0.1, -0.05) is 0 Å². The van der Waals surface area contributed by atoms with Gasteiger partial charge in [-0.2, -0.15) is 0 Å². The normalized spacial score (nSPS) is 10.6. The Labute approximate surface area is 80.5 Å². The van der Waals surface area contributed by atoms with Crippen LogP contribution in [0.4, 0.5) is 0 Å². The number of rotatable bonds is 0. The van der Waals surface area contributed by atoms with Crippen molar-refractivity contribution < 1.29 is 0 Å². The van der Waals surface area contributed by atoms with E-state index in [1.165, 1.54) is 6.96 Å². The van der Waals surface area contributed by atoms with E-state index in [1.807, 2.05) is 6.07 Å². The molecule has 1 aromatic carbocycles. The predicted octanol–water partition coefficient (Wildman–Crippen LogP) is 1.09. The monoisotopic (exact) mass is 157 g/mol. The molecule has 0 aliphatic heterocycles. The zero-order chi connectivity index (χ0) is 6.97. The summed E-state index contributed by atoms with van der Waals surface area (Å²) in [7, 11) is 0. The summed E-state index contributed by atoms with van der Waals surface area (Å²) in [4.78, 5) is 4.39. The van der Waals surface area contributed by atoms with E-state index in [0.717, 1.165) is 33.4 Å². The van der Waals surface area contributed by atoms with Gasteiger partial charge in [-0.3, -0.25) is 0 Å². The summed E-state index contributed by atoms with van der Waals surface area (Å²) < 4.78 is 2.59. The second kappa shape index (κ2) is 2.62. The molecular formula is C7H4NNaS. The van der Waals surface area contributed by atoms with Crippen LogP contribution in [0.1, 0.15) is 0 Å². The van der Waals surface area contributed by atoms with Gasteiger partial charge in [0.25, 0.3) is 0 Å². The molecule has 1 aromatic heterocycles. The number of hydrogen-bond acceptors (Lipinski definition) is 2. The Kier molecular flexibility index (Phi) is 1.78. The van der Waals surface area contributed by atoms with Crippen molar-refractivity contribution in [1.29, 1.82) is 0 Å². The molecule has 44 valence electrons. The van der Waals surface area contributed by atoms with E-state index in [1.54, 1.807) is 11.3 Å². The standard InChI is InChI=1S/C7H4NS.Na/c1-2-4-7-6(3-1)8-5-9-7;/h1-4H;. The molecule has 0 aliphatic rings. The molecule has 2 rings (SSSR count). The summed E-state index contributed by atoms with van der Waals surface area (Å²) in [5.74, 6) is 0. The van der Waals surface area contributed by atoms with Crippen LogP contribution in [0.25, 0.3) is 10.2 Å². The fraction of sp³-hybridized carbons (Fsp3) is 0. The van der Waals surface area contributed by atoms with Crippen LogP contribution in [-0.2, 0) is 0 Å². The van der Waals surface area contributed by atoms with Crippen LogP contribution in [-0.4, -0.2) is 32.9 Å². The van der Waals surface area contributed by atoms with E-state index >= 15 is 0 Å². The SMILES string of the molecule is [Na][c]1nc2ccccc2s1. The first-order chi connectivity index (χ1) is 4.86. The minimum atomic E-state index is 1.07. The van der Waals surface area contributed by atoms with Crippen molar-refractivity contribution >= 4 is 51.7 Å². The van der Waals surface area contributed by atoms with E-state index in [-0.39, 0.29) is 0 Å². The molecule has 0 fully saturated rings. The van der Waals surface area contributed by atoms with Crippen LogP contribution in [0.3, 0.4) is 0 Å². The summed E-state index contributed by atoms with van der Waals surface area (Å²) in [5, 5.41) is 0. The second-order valence-electron chi connectivity index (χ2n) is 2.20. The number of aromatic nitrogens is 1. The Morgan fingerprint density at radius 2 is 2.10 bits per heavy atom. The molecule has 2 aromatic rings. The van der Waals surface area contributed by atoms with Crippen molar-refractivity contribution in [3.05, 3.63) is 24.3 Å². The van der Waals surface area contributed by atoms with Crippen molar-refractivity contribution in [1.82, 2.24) is 4.98 Å². The van der Waals surface area contributed by atoms with E-state index in [2.05, 4.69) is 23.2 Å². The fourth-order valence-corrected chi connectivity index (χ4v) is 2.72. The molecule has 0 saturated carbocycles. The maximum absolute atomic E-state index is 4.39. The molecule has 0 bridgehead atoms. The molecule has 0 spiro atoms. The molecule has 1 heterocycles. The Bertz CT molecular complexity index is 322. The topological polar surface area (TPSA) is 12.9 Å². The van der Waals surface area contributed by atoms with Crippen molar-refractivity contribution in [2.24, 2.45) is 0 Å². The van der Waals surface area contributed by atoms with E-state index in [4.69, 9.17) is 0 Å². The summed E-state index contributed by atoms with van der Waals surface area (Å²) >= 11 is 2.87. The third kappa shape index (κ3) is 1.12. The molecule has 0 amide bonds. The first-order valence-corrected chi connectivity index (χ1v) is 5.00. The van der Waals surface area contributed by atoms with Crippen molar-refractivity contribution in [3.63, 3.8) is 0 Å². The number of nitrogens with zero attached hydrogens (tertiary/aromatic N) is 1. The summed E-state index contributed by atoms with van der Waals surface area (Å²) in [5.41, 5.74) is 1.15. The third-order valence-electron chi connectivity index (χ3n) is 1.40. The Morgan fingerprint density at radius 3 is 2.90 bits per heavy atom. The number of hydrogen-bond donors (Lipinski definition) is 0. The molecule has 0 unspecified atom stereocenters. The van der Waals surface area contributed by atoms with E-state index in [0.29, 0.717) is 0 Å². The molecule has 1 nitrogen and oxygen atoms in total. The van der Waals surface area contributed by atoms with Crippen molar-refractivity contribution in [2.75, 3.05) is 0 Å². The number of benzene rings is 1. The van der Waals surface area contributed by atoms with Gasteiger partial charge in [-0.05, 0) is 0 Å². The van der Waals surface area contributed by atoms with Gasteiger partial charge in [-0.25, -0.2) is 0 Å². The predicted molar refractivity (Wildman–Crippen MR) is 45.0 cm³/mol. The summed E-state index contributed by atoms with van der Waals surface area (Å²) in [6, 6.07) is 8.27. The van der Waals surface area contributed by atoms with E-state index < -0.39 is 0 Å². The molecule has 0 saturated heterocycles. The Hall–Kier alpha value is 0.110. The van der Waals surface area contributed by atoms with Gasteiger partial charge in [0.1, 0.15) is 0 Å². The minimum absolute atomic E-state index is 1.07. The quantitative estimate of drug-likeness (QED) is 0.522. The summed E-state index contributed by atoms with van der Waals surface area (Å²) in [6.45, 7) is 0. The summed E-state index contributed by atoms with van der Waals surface area (Å²) in [6.07, 6.45) is 0. The number of para-hydroxylation sites is 1. The number of fused-ring (bicyclic) bond motifs is 1. The van der Waals surface area contributed by atoms with Crippen LogP contribution in [0.2, 0.25) is 0 Å². The average molecular weight is 157 g/mol. The van der Waals surface area contributed by atoms with Gasteiger partial charge >= 0.3 is 81.0 Å². The number of thiazole rings is 1. The molecular weight excluding hydrogens is 153 g/mol. The van der Waals surface area contributed by atoms with Gasteiger partial charge in [0, 0.05) is 0 Å². The van der Waals surface area contributed by atoms with Crippen LogP contribution in [0.15, 0.2) is 24.3 Å². The first-order valence-electron chi connectivity index (χ1n) is 3.18. The molecule has 0 aliphatic carbocycles. The van der Waals surface area contributed by atoms with Crippen LogP contribution in [0, 0.1) is 0 Å². The van der Waals surface area contributed by atoms with Gasteiger partial charge < -0.3 is 0 Å². The Balaban J connectivity index is 2.88. The van der Waals surface area contributed by atoms with Gasteiger partial charge in [0.05, 0.1) is 0 Å². The maximum atomic E-state index is 4.39. The van der Waals surface area contributed by atoms with Gasteiger partial charge in [-0.15, -0.1) is 0 Å². The van der Waals surface area contributed by atoms with Crippen LogP contribution < -0.4 is 2.26 Å². The molecule has 10 heavy (non-hydrogen) atoms. The van der Waals surface area contributed by atoms with Gasteiger partial charge in [0.2, 0.25) is 0 Å². The molecule has 0 radical (unpaired) electrons. The zero-order valence-corrected chi connectivity index (χ0v) is 8.48. The van der Waals surface area contributed by atoms with Crippen molar-refractivity contribution in [2.45, 2.75) is 0 Å². The molecule has 3 heteroatoms. The van der Waals surface area contributed by atoms with Gasteiger partial charge in [0.15, 0.2) is 0 Å². The first kappa shape index (κ1) is 6.80. The average Bonchev–Trinajstić information content (AvgIpc) is 2.27.